The van der Waals surface area contributed by atoms with Crippen molar-refractivity contribution < 1.29 is 18.3 Å². The third-order valence-corrected chi connectivity index (χ3v) is 5.37. The number of hydrogen-bond donors (Lipinski definition) is 2. The van der Waals surface area contributed by atoms with Gasteiger partial charge in [-0.1, -0.05) is 54.6 Å². The lowest BCUT2D eigenvalue weighted by Gasteiger charge is -2.26. The third kappa shape index (κ3) is 4.42. The molecule has 2 N–H and O–H groups in total. The molecule has 2 aromatic rings. The number of sulfonamides is 1. The summed E-state index contributed by atoms with van der Waals surface area (Å²) < 4.78 is 25.8. The smallest absolute Gasteiger partial charge is 0.407 e. The lowest BCUT2D eigenvalue weighted by molar-refractivity contribution is 0.137. The molecular weight excluding hydrogens is 352 g/mol. The van der Waals surface area contributed by atoms with Gasteiger partial charge in [0, 0.05) is 12.6 Å². The fraction of sp³-hybridized carbons (Fsp3) is 0.316. The van der Waals surface area contributed by atoms with Gasteiger partial charge >= 0.3 is 6.09 Å². The lowest BCUT2D eigenvalue weighted by atomic mass is 9.97. The number of likely N-dealkylation sites (tertiary alicyclic amines) is 1. The molecule has 7 heteroatoms. The van der Waals surface area contributed by atoms with Crippen LogP contribution in [0.1, 0.15) is 12.0 Å². The Morgan fingerprint density at radius 1 is 1.15 bits per heavy atom. The van der Waals surface area contributed by atoms with Crippen molar-refractivity contribution in [2.75, 3.05) is 12.8 Å². The van der Waals surface area contributed by atoms with Gasteiger partial charge in [-0.25, -0.2) is 17.9 Å². The number of amides is 1. The van der Waals surface area contributed by atoms with Crippen LogP contribution in [-0.4, -0.2) is 49.4 Å². The summed E-state index contributed by atoms with van der Waals surface area (Å²) in [4.78, 5) is 12.9. The number of nitrogens with zero attached hydrogens (tertiary/aromatic N) is 1. The van der Waals surface area contributed by atoms with Crippen molar-refractivity contribution in [3.63, 3.8) is 0 Å². The van der Waals surface area contributed by atoms with Gasteiger partial charge in [0.15, 0.2) is 0 Å². The summed E-state index contributed by atoms with van der Waals surface area (Å²) in [6, 6.07) is 17.0. The number of carboxylic acid groups (broad SMARTS) is 1. The Balaban J connectivity index is 1.85. The van der Waals surface area contributed by atoms with Gasteiger partial charge in [-0.2, -0.15) is 0 Å². The van der Waals surface area contributed by atoms with Gasteiger partial charge in [0.1, 0.15) is 0 Å². The van der Waals surface area contributed by atoms with Crippen molar-refractivity contribution in [1.82, 2.24) is 9.62 Å². The molecule has 1 heterocycles. The summed E-state index contributed by atoms with van der Waals surface area (Å²) in [5.74, 6) is 0. The van der Waals surface area contributed by atoms with Crippen LogP contribution in [0.4, 0.5) is 4.79 Å². The van der Waals surface area contributed by atoms with Crippen molar-refractivity contribution in [1.29, 1.82) is 0 Å². The molecule has 0 radical (unpaired) electrons. The van der Waals surface area contributed by atoms with E-state index in [0.717, 1.165) is 22.9 Å². The van der Waals surface area contributed by atoms with Crippen LogP contribution in [0.2, 0.25) is 0 Å². The second kappa shape index (κ2) is 7.47. The second-order valence-electron chi connectivity index (χ2n) is 6.60. The molecule has 0 bridgehead atoms. The van der Waals surface area contributed by atoms with Gasteiger partial charge in [-0.3, -0.25) is 0 Å². The first kappa shape index (κ1) is 18.4. The van der Waals surface area contributed by atoms with E-state index in [1.54, 1.807) is 0 Å². The van der Waals surface area contributed by atoms with E-state index in [9.17, 15) is 18.3 Å². The molecule has 3 rings (SSSR count). The fourth-order valence-corrected chi connectivity index (χ4v) is 4.33. The van der Waals surface area contributed by atoms with E-state index in [1.807, 2.05) is 54.6 Å². The van der Waals surface area contributed by atoms with Crippen molar-refractivity contribution >= 4 is 16.1 Å². The molecule has 1 fully saturated rings. The molecule has 0 saturated carbocycles. The van der Waals surface area contributed by atoms with Crippen LogP contribution in [0, 0.1) is 0 Å². The number of benzene rings is 2. The Labute approximate surface area is 153 Å². The van der Waals surface area contributed by atoms with Crippen LogP contribution in [0.5, 0.6) is 0 Å². The molecule has 6 nitrogen and oxygen atoms in total. The minimum atomic E-state index is -3.40. The van der Waals surface area contributed by atoms with Gasteiger partial charge < -0.3 is 10.0 Å². The summed E-state index contributed by atoms with van der Waals surface area (Å²) in [5, 5.41) is 9.46. The summed E-state index contributed by atoms with van der Waals surface area (Å²) in [7, 11) is -3.40. The van der Waals surface area contributed by atoms with Gasteiger partial charge in [0.25, 0.3) is 0 Å². The second-order valence-corrected chi connectivity index (χ2v) is 8.38. The summed E-state index contributed by atoms with van der Waals surface area (Å²) in [5.41, 5.74) is 3.11. The quantitative estimate of drug-likeness (QED) is 0.842. The SMILES string of the molecule is CS(=O)(=O)NC1CCN(C(=O)O)C1Cc1cccc(-c2ccccc2)c1. The topological polar surface area (TPSA) is 86.7 Å². The minimum Gasteiger partial charge on any atom is -0.465 e. The number of nitrogens with one attached hydrogen (secondary N) is 1. The number of rotatable bonds is 5. The zero-order valence-electron chi connectivity index (χ0n) is 14.5. The number of hydrogen-bond acceptors (Lipinski definition) is 3. The van der Waals surface area contributed by atoms with Crippen LogP contribution in [0.3, 0.4) is 0 Å². The average Bonchev–Trinajstić information content (AvgIpc) is 2.97. The molecule has 138 valence electrons. The normalized spacial score (nSPS) is 20.3. The maximum atomic E-state index is 11.6. The maximum Gasteiger partial charge on any atom is 0.407 e. The van der Waals surface area contributed by atoms with Crippen molar-refractivity contribution in [2.45, 2.75) is 24.9 Å². The standard InChI is InChI=1S/C19H22N2O4S/c1-26(24,25)20-17-10-11-21(19(22)23)18(17)13-14-6-5-9-16(12-14)15-7-3-2-4-8-15/h2-9,12,17-18,20H,10-11,13H2,1H3,(H,22,23). The molecule has 2 unspecified atom stereocenters. The average molecular weight is 374 g/mol. The largest absolute Gasteiger partial charge is 0.465 e. The van der Waals surface area contributed by atoms with E-state index in [1.165, 1.54) is 4.90 Å². The van der Waals surface area contributed by atoms with Gasteiger partial charge in [0.05, 0.1) is 12.3 Å². The lowest BCUT2D eigenvalue weighted by Crippen LogP contribution is -2.47. The Hall–Kier alpha value is -2.38. The fourth-order valence-electron chi connectivity index (χ4n) is 3.51. The molecule has 0 aromatic heterocycles. The van der Waals surface area contributed by atoms with Crippen molar-refractivity contribution in [3.05, 3.63) is 60.2 Å². The molecule has 1 amide bonds. The van der Waals surface area contributed by atoms with E-state index in [2.05, 4.69) is 4.72 Å². The molecule has 0 aliphatic carbocycles. The van der Waals surface area contributed by atoms with E-state index >= 15 is 0 Å². The molecule has 1 saturated heterocycles. The molecule has 1 aliphatic heterocycles. The molecule has 1 aliphatic rings. The first-order valence-electron chi connectivity index (χ1n) is 8.45. The first-order valence-corrected chi connectivity index (χ1v) is 10.3. The van der Waals surface area contributed by atoms with Crippen LogP contribution in [0.25, 0.3) is 11.1 Å². The van der Waals surface area contributed by atoms with Crippen LogP contribution < -0.4 is 4.72 Å². The first-order chi connectivity index (χ1) is 12.3. The highest BCUT2D eigenvalue weighted by Crippen LogP contribution is 2.25. The van der Waals surface area contributed by atoms with E-state index < -0.39 is 28.2 Å². The van der Waals surface area contributed by atoms with Crippen LogP contribution >= 0.6 is 0 Å². The van der Waals surface area contributed by atoms with E-state index in [-0.39, 0.29) is 0 Å². The molecular formula is C19H22N2O4S. The van der Waals surface area contributed by atoms with Crippen LogP contribution in [-0.2, 0) is 16.4 Å². The Morgan fingerprint density at radius 3 is 2.50 bits per heavy atom. The highest BCUT2D eigenvalue weighted by molar-refractivity contribution is 7.88. The Morgan fingerprint density at radius 2 is 1.85 bits per heavy atom. The van der Waals surface area contributed by atoms with E-state index in [0.29, 0.717) is 19.4 Å². The van der Waals surface area contributed by atoms with E-state index in [4.69, 9.17) is 0 Å². The highest BCUT2D eigenvalue weighted by atomic mass is 32.2. The van der Waals surface area contributed by atoms with Gasteiger partial charge in [0.2, 0.25) is 10.0 Å². The number of carbonyl (C=O) groups is 1. The predicted octanol–water partition coefficient (Wildman–Crippen LogP) is 2.57. The third-order valence-electron chi connectivity index (χ3n) is 4.64. The Kier molecular flexibility index (Phi) is 5.29. The summed E-state index contributed by atoms with van der Waals surface area (Å²) in [6.45, 7) is 0.325. The van der Waals surface area contributed by atoms with Crippen molar-refractivity contribution in [3.8, 4) is 11.1 Å². The monoisotopic (exact) mass is 374 g/mol. The molecule has 2 atom stereocenters. The summed E-state index contributed by atoms with van der Waals surface area (Å²) >= 11 is 0. The molecule has 0 spiro atoms. The zero-order chi connectivity index (χ0) is 18.7. The van der Waals surface area contributed by atoms with Crippen molar-refractivity contribution in [2.24, 2.45) is 0 Å². The van der Waals surface area contributed by atoms with Gasteiger partial charge in [-0.05, 0) is 29.5 Å². The predicted molar refractivity (Wildman–Crippen MR) is 100 cm³/mol. The maximum absolute atomic E-state index is 11.6. The van der Waals surface area contributed by atoms with Gasteiger partial charge in [-0.15, -0.1) is 0 Å². The Bertz CT molecular complexity index is 883. The minimum absolute atomic E-state index is 0.325. The highest BCUT2D eigenvalue weighted by Gasteiger charge is 2.38. The molecule has 26 heavy (non-hydrogen) atoms. The molecule has 2 aromatic carbocycles. The zero-order valence-corrected chi connectivity index (χ0v) is 15.3. The van der Waals surface area contributed by atoms with Crippen LogP contribution in [0.15, 0.2) is 54.6 Å². The summed E-state index contributed by atoms with van der Waals surface area (Å²) in [6.07, 6.45) is 1.01.